The highest BCUT2D eigenvalue weighted by Gasteiger charge is 2.35. The van der Waals surface area contributed by atoms with Crippen molar-refractivity contribution < 1.29 is 19.1 Å². The number of carbonyl (C=O) groups is 2. The van der Waals surface area contributed by atoms with E-state index in [0.717, 1.165) is 45.6 Å². The summed E-state index contributed by atoms with van der Waals surface area (Å²) in [5.74, 6) is 0.189. The van der Waals surface area contributed by atoms with Crippen LogP contribution in [0.25, 0.3) is 0 Å². The van der Waals surface area contributed by atoms with Gasteiger partial charge in [-0.15, -0.1) is 0 Å². The van der Waals surface area contributed by atoms with Gasteiger partial charge >= 0.3 is 12.1 Å². The van der Waals surface area contributed by atoms with Gasteiger partial charge < -0.3 is 14.4 Å². The van der Waals surface area contributed by atoms with E-state index in [1.807, 2.05) is 27.7 Å². The van der Waals surface area contributed by atoms with Gasteiger partial charge in [0.1, 0.15) is 11.2 Å². The summed E-state index contributed by atoms with van der Waals surface area (Å²) in [5, 5.41) is 0. The molecule has 0 bridgehead atoms. The topological polar surface area (TPSA) is 59.1 Å². The van der Waals surface area contributed by atoms with Gasteiger partial charge in [-0.1, -0.05) is 24.3 Å². The van der Waals surface area contributed by atoms with Crippen molar-refractivity contribution in [3.8, 4) is 0 Å². The first-order valence-corrected chi connectivity index (χ1v) is 10.5. The Morgan fingerprint density at radius 2 is 1.69 bits per heavy atom. The summed E-state index contributed by atoms with van der Waals surface area (Å²) in [6.07, 6.45) is 1.51. The molecule has 6 heteroatoms. The molecule has 0 radical (unpaired) electrons. The Labute approximate surface area is 174 Å². The zero-order valence-electron chi connectivity index (χ0n) is 18.4. The van der Waals surface area contributed by atoms with Crippen molar-refractivity contribution in [2.75, 3.05) is 26.2 Å². The van der Waals surface area contributed by atoms with E-state index in [4.69, 9.17) is 9.47 Å². The van der Waals surface area contributed by atoms with Gasteiger partial charge in [0.15, 0.2) is 0 Å². The molecule has 1 aromatic carbocycles. The number of hydrogen-bond acceptors (Lipinski definition) is 5. The summed E-state index contributed by atoms with van der Waals surface area (Å²) >= 11 is 0. The van der Waals surface area contributed by atoms with Crippen molar-refractivity contribution in [3.63, 3.8) is 0 Å². The number of amides is 1. The minimum absolute atomic E-state index is 0.197. The summed E-state index contributed by atoms with van der Waals surface area (Å²) in [6.45, 7) is 13.4. The number of rotatable bonds is 4. The molecule has 0 unspecified atom stereocenters. The van der Waals surface area contributed by atoms with E-state index in [0.29, 0.717) is 5.92 Å². The molecule has 0 N–H and O–H groups in total. The minimum atomic E-state index is -0.450. The number of piperidine rings is 1. The van der Waals surface area contributed by atoms with E-state index in [9.17, 15) is 9.59 Å². The number of likely N-dealkylation sites (tertiary alicyclic amines) is 2. The number of carbonyl (C=O) groups excluding carboxylic acids is 2. The maximum atomic E-state index is 12.1. The van der Waals surface area contributed by atoms with Gasteiger partial charge in [0.05, 0.1) is 0 Å². The van der Waals surface area contributed by atoms with Crippen LogP contribution in [-0.2, 0) is 20.8 Å². The molecular weight excluding hydrogens is 368 g/mol. The third-order valence-corrected chi connectivity index (χ3v) is 5.69. The van der Waals surface area contributed by atoms with Gasteiger partial charge in [-0.25, -0.2) is 4.79 Å². The van der Waals surface area contributed by atoms with Crippen LogP contribution in [0.3, 0.4) is 0 Å². The van der Waals surface area contributed by atoms with Crippen LogP contribution in [0.5, 0.6) is 0 Å². The van der Waals surface area contributed by atoms with Crippen LogP contribution < -0.4 is 0 Å². The van der Waals surface area contributed by atoms with Crippen LogP contribution >= 0.6 is 0 Å². The molecule has 2 fully saturated rings. The number of hydrogen-bond donors (Lipinski definition) is 0. The van der Waals surface area contributed by atoms with Crippen molar-refractivity contribution in [1.29, 1.82) is 0 Å². The average Bonchev–Trinajstić information content (AvgIpc) is 2.55. The Morgan fingerprint density at radius 1 is 1.10 bits per heavy atom. The molecule has 6 nitrogen and oxygen atoms in total. The summed E-state index contributed by atoms with van der Waals surface area (Å²) < 4.78 is 10.9. The fourth-order valence-corrected chi connectivity index (χ4v) is 3.95. The van der Waals surface area contributed by atoms with E-state index in [1.165, 1.54) is 18.1 Å². The van der Waals surface area contributed by atoms with Crippen LogP contribution in [0.2, 0.25) is 0 Å². The van der Waals surface area contributed by atoms with Crippen molar-refractivity contribution in [1.82, 2.24) is 9.80 Å². The van der Waals surface area contributed by atoms with E-state index in [2.05, 4.69) is 29.2 Å². The first-order valence-electron chi connectivity index (χ1n) is 10.5. The van der Waals surface area contributed by atoms with Gasteiger partial charge in [-0.2, -0.15) is 0 Å². The fraction of sp³-hybridized carbons (Fsp3) is 0.652. The zero-order chi connectivity index (χ0) is 21.2. The first-order chi connectivity index (χ1) is 13.5. The summed E-state index contributed by atoms with van der Waals surface area (Å²) in [4.78, 5) is 27.5. The molecule has 2 heterocycles. The predicted octanol–water partition coefficient (Wildman–Crippen LogP) is 3.94. The average molecular weight is 403 g/mol. The Kier molecular flexibility index (Phi) is 6.22. The van der Waals surface area contributed by atoms with Crippen LogP contribution in [0.1, 0.15) is 64.5 Å². The minimum Gasteiger partial charge on any atom is -0.459 e. The second-order valence-corrected chi connectivity index (χ2v) is 9.64. The molecule has 0 aromatic heterocycles. The molecule has 2 saturated heterocycles. The number of ether oxygens (including phenoxy) is 2. The van der Waals surface area contributed by atoms with Crippen LogP contribution in [-0.4, -0.2) is 59.2 Å². The van der Waals surface area contributed by atoms with Crippen LogP contribution in [0, 0.1) is 0 Å². The smallest absolute Gasteiger partial charge is 0.410 e. The maximum Gasteiger partial charge on any atom is 0.410 e. The second-order valence-electron chi connectivity index (χ2n) is 9.64. The Hall–Kier alpha value is -2.08. The first kappa shape index (κ1) is 21.6. The van der Waals surface area contributed by atoms with Crippen molar-refractivity contribution in [3.05, 3.63) is 35.4 Å². The standard InChI is InChI=1S/C23H34N2O4/c1-17(26)28-23(5)10-12-24(13-11-23)14-18-6-8-19(9-7-18)20-15-25(16-20)21(27)29-22(2,3)4/h6-9,20H,10-16H2,1-5H3. The SMILES string of the molecule is CC(=O)OC1(C)CCN(Cc2ccc(C3CN(C(=O)OC(C)(C)C)C3)cc2)CC1. The molecule has 3 rings (SSSR count). The van der Waals surface area contributed by atoms with E-state index < -0.39 is 5.60 Å². The monoisotopic (exact) mass is 402 g/mol. The fourth-order valence-electron chi connectivity index (χ4n) is 3.95. The Morgan fingerprint density at radius 3 is 2.21 bits per heavy atom. The Balaban J connectivity index is 1.45. The van der Waals surface area contributed by atoms with Crippen LogP contribution in [0.4, 0.5) is 4.79 Å². The molecular formula is C23H34N2O4. The summed E-state index contributed by atoms with van der Waals surface area (Å²) in [6, 6.07) is 8.73. The van der Waals surface area contributed by atoms with Gasteiger partial charge in [-0.05, 0) is 51.7 Å². The van der Waals surface area contributed by atoms with Gasteiger partial charge in [0, 0.05) is 45.6 Å². The summed E-state index contributed by atoms with van der Waals surface area (Å²) in [5.41, 5.74) is 1.78. The lowest BCUT2D eigenvalue weighted by Crippen LogP contribution is -2.50. The highest BCUT2D eigenvalue weighted by molar-refractivity contribution is 5.69. The predicted molar refractivity (Wildman–Crippen MR) is 112 cm³/mol. The van der Waals surface area contributed by atoms with E-state index in [-0.39, 0.29) is 17.7 Å². The highest BCUT2D eigenvalue weighted by Crippen LogP contribution is 2.30. The molecule has 0 spiro atoms. The zero-order valence-corrected chi connectivity index (χ0v) is 18.4. The van der Waals surface area contributed by atoms with Gasteiger partial charge in [0.2, 0.25) is 0 Å². The normalized spacial score (nSPS) is 20.1. The third kappa shape index (κ3) is 5.95. The molecule has 0 aliphatic carbocycles. The number of nitrogens with zero attached hydrogens (tertiary/aromatic N) is 2. The second kappa shape index (κ2) is 8.34. The van der Waals surface area contributed by atoms with Gasteiger partial charge in [0.25, 0.3) is 0 Å². The lowest BCUT2D eigenvalue weighted by molar-refractivity contribution is -0.159. The number of benzene rings is 1. The number of esters is 1. The molecule has 2 aliphatic heterocycles. The lowest BCUT2D eigenvalue weighted by atomic mass is 9.91. The Bertz CT molecular complexity index is 724. The molecule has 2 aliphatic rings. The largest absolute Gasteiger partial charge is 0.459 e. The van der Waals surface area contributed by atoms with Crippen molar-refractivity contribution in [2.45, 2.75) is 71.1 Å². The maximum absolute atomic E-state index is 12.1. The molecule has 0 saturated carbocycles. The third-order valence-electron chi connectivity index (χ3n) is 5.69. The molecule has 1 amide bonds. The lowest BCUT2D eigenvalue weighted by Gasteiger charge is -2.40. The molecule has 1 aromatic rings. The molecule has 160 valence electrons. The molecule has 29 heavy (non-hydrogen) atoms. The van der Waals surface area contributed by atoms with Crippen LogP contribution in [0.15, 0.2) is 24.3 Å². The summed E-state index contributed by atoms with van der Waals surface area (Å²) in [7, 11) is 0. The highest BCUT2D eigenvalue weighted by atomic mass is 16.6. The van der Waals surface area contributed by atoms with Crippen molar-refractivity contribution in [2.24, 2.45) is 0 Å². The molecule has 0 atom stereocenters. The van der Waals surface area contributed by atoms with E-state index in [1.54, 1.807) is 4.90 Å². The van der Waals surface area contributed by atoms with Crippen molar-refractivity contribution >= 4 is 12.1 Å². The van der Waals surface area contributed by atoms with E-state index >= 15 is 0 Å². The van der Waals surface area contributed by atoms with Gasteiger partial charge in [-0.3, -0.25) is 9.69 Å². The quantitative estimate of drug-likeness (QED) is 0.714.